The van der Waals surface area contributed by atoms with Gasteiger partial charge in [0.2, 0.25) is 0 Å². The molecule has 21 heavy (non-hydrogen) atoms. The van der Waals surface area contributed by atoms with Crippen LogP contribution in [-0.2, 0) is 6.42 Å². The van der Waals surface area contributed by atoms with Crippen molar-refractivity contribution in [3.8, 4) is 5.75 Å². The van der Waals surface area contributed by atoms with Crippen LogP contribution < -0.4 is 10.1 Å². The minimum atomic E-state index is 0.258. The van der Waals surface area contributed by atoms with Gasteiger partial charge in [-0.1, -0.05) is 19.1 Å². The monoisotopic (exact) mass is 348 g/mol. The maximum absolute atomic E-state index is 5.33. The summed E-state index contributed by atoms with van der Waals surface area (Å²) in [5.74, 6) is 0.927. The number of ether oxygens (including phenoxy) is 1. The van der Waals surface area contributed by atoms with Crippen LogP contribution in [-0.4, -0.2) is 18.6 Å². The minimum Gasteiger partial charge on any atom is -0.496 e. The van der Waals surface area contributed by atoms with Gasteiger partial charge in [-0.3, -0.25) is 4.98 Å². The number of nitrogens with one attached hydrogen (secondary N) is 1. The van der Waals surface area contributed by atoms with Gasteiger partial charge in [-0.25, -0.2) is 0 Å². The van der Waals surface area contributed by atoms with Gasteiger partial charge in [0.1, 0.15) is 5.75 Å². The fraction of sp³-hybridized carbons (Fsp3) is 0.353. The number of halogens is 1. The number of pyridine rings is 1. The Kier molecular flexibility index (Phi) is 5.76. The van der Waals surface area contributed by atoms with Gasteiger partial charge >= 0.3 is 0 Å². The van der Waals surface area contributed by atoms with E-state index in [2.05, 4.69) is 58.3 Å². The van der Waals surface area contributed by atoms with Crippen LogP contribution in [0.15, 0.2) is 41.0 Å². The van der Waals surface area contributed by atoms with Gasteiger partial charge in [-0.05, 0) is 58.7 Å². The molecule has 1 aromatic heterocycles. The Balaban J connectivity index is 2.21. The van der Waals surface area contributed by atoms with Crippen molar-refractivity contribution in [2.24, 2.45) is 0 Å². The van der Waals surface area contributed by atoms with Crippen LogP contribution >= 0.6 is 15.9 Å². The average Bonchev–Trinajstić information content (AvgIpc) is 2.49. The van der Waals surface area contributed by atoms with Gasteiger partial charge in [0.15, 0.2) is 0 Å². The molecule has 0 saturated carbocycles. The van der Waals surface area contributed by atoms with E-state index in [0.29, 0.717) is 0 Å². The normalized spacial score (nSPS) is 12.2. The number of nitrogens with zero attached hydrogens (tertiary/aromatic N) is 1. The summed E-state index contributed by atoms with van der Waals surface area (Å²) in [5, 5.41) is 3.53. The third-order valence-corrected chi connectivity index (χ3v) is 3.94. The fourth-order valence-electron chi connectivity index (χ4n) is 2.41. The quantitative estimate of drug-likeness (QED) is 0.854. The molecule has 1 N–H and O–H groups in total. The Morgan fingerprint density at radius 2 is 2.10 bits per heavy atom. The summed E-state index contributed by atoms with van der Waals surface area (Å²) in [6.45, 7) is 5.12. The van der Waals surface area contributed by atoms with Crippen LogP contribution in [0.5, 0.6) is 5.75 Å². The molecule has 2 rings (SSSR count). The number of likely N-dealkylation sites (N-methyl/N-ethyl adjacent to an activating group) is 1. The molecule has 1 heterocycles. The van der Waals surface area contributed by atoms with Crippen LogP contribution in [0.25, 0.3) is 0 Å². The molecule has 0 aliphatic rings. The van der Waals surface area contributed by atoms with Crippen LogP contribution in [0, 0.1) is 6.92 Å². The van der Waals surface area contributed by atoms with E-state index in [1.807, 2.05) is 18.3 Å². The van der Waals surface area contributed by atoms with Crippen LogP contribution in [0.4, 0.5) is 0 Å². The third kappa shape index (κ3) is 4.29. The summed E-state index contributed by atoms with van der Waals surface area (Å²) in [5.41, 5.74) is 3.50. The van der Waals surface area contributed by atoms with E-state index in [9.17, 15) is 0 Å². The lowest BCUT2D eigenvalue weighted by atomic mass is 9.99. The van der Waals surface area contributed by atoms with Gasteiger partial charge in [0, 0.05) is 28.8 Å². The van der Waals surface area contributed by atoms with Crippen molar-refractivity contribution in [1.29, 1.82) is 0 Å². The van der Waals surface area contributed by atoms with Crippen molar-refractivity contribution in [3.63, 3.8) is 0 Å². The molecule has 2 aromatic rings. The number of aryl methyl sites for hydroxylation is 1. The Morgan fingerprint density at radius 3 is 2.67 bits per heavy atom. The highest BCUT2D eigenvalue weighted by Gasteiger charge is 2.13. The minimum absolute atomic E-state index is 0.258. The third-order valence-electron chi connectivity index (χ3n) is 3.47. The van der Waals surface area contributed by atoms with Gasteiger partial charge in [0.25, 0.3) is 0 Å². The maximum atomic E-state index is 5.33. The molecule has 4 heteroatoms. The summed E-state index contributed by atoms with van der Waals surface area (Å²) in [7, 11) is 1.70. The largest absolute Gasteiger partial charge is 0.496 e. The number of rotatable bonds is 6. The zero-order valence-corrected chi connectivity index (χ0v) is 14.3. The summed E-state index contributed by atoms with van der Waals surface area (Å²) in [6, 6.07) is 10.7. The fourth-order valence-corrected chi connectivity index (χ4v) is 2.64. The molecule has 1 aromatic carbocycles. The van der Waals surface area contributed by atoms with Crippen LogP contribution in [0.3, 0.4) is 0 Å². The van der Waals surface area contributed by atoms with E-state index in [4.69, 9.17) is 4.74 Å². The molecule has 0 amide bonds. The average molecular weight is 349 g/mol. The molecule has 112 valence electrons. The topological polar surface area (TPSA) is 34.2 Å². The van der Waals surface area contributed by atoms with Gasteiger partial charge < -0.3 is 10.1 Å². The molecule has 0 aliphatic heterocycles. The van der Waals surface area contributed by atoms with Crippen LogP contribution in [0.2, 0.25) is 0 Å². The zero-order chi connectivity index (χ0) is 15.2. The molecule has 3 nitrogen and oxygen atoms in total. The SMILES string of the molecule is CCNC(Cc1ccc(Br)cn1)c1ccc(OC)c(C)c1. The van der Waals surface area contributed by atoms with E-state index < -0.39 is 0 Å². The van der Waals surface area contributed by atoms with E-state index in [0.717, 1.165) is 34.4 Å². The first-order valence-electron chi connectivity index (χ1n) is 7.12. The summed E-state index contributed by atoms with van der Waals surface area (Å²) in [6.07, 6.45) is 2.71. The smallest absolute Gasteiger partial charge is 0.121 e. The molecule has 0 bridgehead atoms. The molecule has 0 radical (unpaired) electrons. The highest BCUT2D eigenvalue weighted by Crippen LogP contribution is 2.24. The van der Waals surface area contributed by atoms with E-state index in [1.54, 1.807) is 7.11 Å². The molecule has 1 unspecified atom stereocenters. The molecule has 1 atom stereocenters. The first-order valence-corrected chi connectivity index (χ1v) is 7.91. The number of hydrogen-bond acceptors (Lipinski definition) is 3. The lowest BCUT2D eigenvalue weighted by Gasteiger charge is -2.19. The Bertz CT molecular complexity index is 584. The first kappa shape index (κ1) is 16.0. The number of aromatic nitrogens is 1. The number of benzene rings is 1. The number of hydrogen-bond donors (Lipinski definition) is 1. The zero-order valence-electron chi connectivity index (χ0n) is 12.7. The predicted octanol–water partition coefficient (Wildman–Crippen LogP) is 4.05. The van der Waals surface area contributed by atoms with Gasteiger partial charge in [-0.15, -0.1) is 0 Å². The number of methoxy groups -OCH3 is 1. The standard InChI is InChI=1S/C17H21BrN2O/c1-4-19-16(10-15-7-6-14(18)11-20-15)13-5-8-17(21-3)12(2)9-13/h5-9,11,16,19H,4,10H2,1-3H3. The van der Waals surface area contributed by atoms with Crippen molar-refractivity contribution in [2.45, 2.75) is 26.3 Å². The Morgan fingerprint density at radius 1 is 1.29 bits per heavy atom. The summed E-state index contributed by atoms with van der Waals surface area (Å²) >= 11 is 3.42. The second-order valence-electron chi connectivity index (χ2n) is 5.01. The van der Waals surface area contributed by atoms with Gasteiger partial charge in [-0.2, -0.15) is 0 Å². The van der Waals surface area contributed by atoms with Crippen molar-refractivity contribution in [3.05, 3.63) is 57.8 Å². The predicted molar refractivity (Wildman–Crippen MR) is 89.8 cm³/mol. The maximum Gasteiger partial charge on any atom is 0.121 e. The second-order valence-corrected chi connectivity index (χ2v) is 5.93. The van der Waals surface area contributed by atoms with E-state index in [1.165, 1.54) is 5.56 Å². The highest BCUT2D eigenvalue weighted by molar-refractivity contribution is 9.10. The van der Waals surface area contributed by atoms with E-state index >= 15 is 0 Å². The Labute approximate surface area is 134 Å². The lowest BCUT2D eigenvalue weighted by molar-refractivity contribution is 0.411. The molecule has 0 saturated heterocycles. The van der Waals surface area contributed by atoms with E-state index in [-0.39, 0.29) is 6.04 Å². The van der Waals surface area contributed by atoms with Crippen molar-refractivity contribution in [2.75, 3.05) is 13.7 Å². The molecular formula is C17H21BrN2O. The summed E-state index contributed by atoms with van der Waals surface area (Å²) < 4.78 is 6.34. The Hall–Kier alpha value is -1.39. The molecule has 0 aliphatic carbocycles. The van der Waals surface area contributed by atoms with Crippen molar-refractivity contribution < 1.29 is 4.74 Å². The van der Waals surface area contributed by atoms with Crippen molar-refractivity contribution in [1.82, 2.24) is 10.3 Å². The first-order chi connectivity index (χ1) is 10.1. The lowest BCUT2D eigenvalue weighted by Crippen LogP contribution is -2.23. The molecule has 0 fully saturated rings. The van der Waals surface area contributed by atoms with Gasteiger partial charge in [0.05, 0.1) is 7.11 Å². The second kappa shape index (κ2) is 7.57. The summed E-state index contributed by atoms with van der Waals surface area (Å²) in [4.78, 5) is 4.47. The highest BCUT2D eigenvalue weighted by atomic mass is 79.9. The van der Waals surface area contributed by atoms with Crippen LogP contribution in [0.1, 0.15) is 29.8 Å². The molecular weight excluding hydrogens is 328 g/mol. The molecule has 0 spiro atoms. The van der Waals surface area contributed by atoms with Crippen molar-refractivity contribution >= 4 is 15.9 Å².